The zero-order valence-corrected chi connectivity index (χ0v) is 8.73. The van der Waals surface area contributed by atoms with Crippen molar-refractivity contribution in [1.82, 2.24) is 0 Å². The highest BCUT2D eigenvalue weighted by Crippen LogP contribution is 2.18. The van der Waals surface area contributed by atoms with Crippen LogP contribution in [0.25, 0.3) is 0 Å². The number of aliphatic hydroxyl groups is 1. The third-order valence-corrected chi connectivity index (χ3v) is 1.94. The summed E-state index contributed by atoms with van der Waals surface area (Å²) in [4.78, 5) is 0. The standard InChI is InChI=1S/C13H16O2/c1-2-7-12-8-3-4-9-13(12)15-11-6-5-10-14/h2-6,8-9,14H,1,7,10-11H2/b6-5-. The Morgan fingerprint density at radius 2 is 2.07 bits per heavy atom. The fraction of sp³-hybridized carbons (Fsp3) is 0.231. The Balaban J connectivity index is 2.58. The van der Waals surface area contributed by atoms with Gasteiger partial charge < -0.3 is 9.84 Å². The van der Waals surface area contributed by atoms with Crippen molar-refractivity contribution in [2.24, 2.45) is 0 Å². The number of benzene rings is 1. The van der Waals surface area contributed by atoms with Gasteiger partial charge in [-0.15, -0.1) is 6.58 Å². The van der Waals surface area contributed by atoms with Crippen molar-refractivity contribution < 1.29 is 9.84 Å². The fourth-order valence-electron chi connectivity index (χ4n) is 1.25. The quantitative estimate of drug-likeness (QED) is 0.721. The molecule has 0 aliphatic carbocycles. The van der Waals surface area contributed by atoms with Gasteiger partial charge in [-0.1, -0.05) is 30.4 Å². The van der Waals surface area contributed by atoms with Crippen LogP contribution in [0, 0.1) is 0 Å². The molecule has 0 amide bonds. The molecule has 1 N–H and O–H groups in total. The summed E-state index contributed by atoms with van der Waals surface area (Å²) in [7, 11) is 0. The highest BCUT2D eigenvalue weighted by molar-refractivity contribution is 5.34. The molecule has 1 aromatic rings. The van der Waals surface area contributed by atoms with Gasteiger partial charge in [-0.3, -0.25) is 0 Å². The van der Waals surface area contributed by atoms with Crippen LogP contribution in [0.2, 0.25) is 0 Å². The molecule has 0 saturated carbocycles. The van der Waals surface area contributed by atoms with E-state index in [4.69, 9.17) is 9.84 Å². The van der Waals surface area contributed by atoms with Gasteiger partial charge in [0.1, 0.15) is 12.4 Å². The Bertz CT molecular complexity index is 329. The highest BCUT2D eigenvalue weighted by Gasteiger charge is 1.98. The van der Waals surface area contributed by atoms with E-state index in [-0.39, 0.29) is 6.61 Å². The number of hydrogen-bond donors (Lipinski definition) is 1. The smallest absolute Gasteiger partial charge is 0.123 e. The van der Waals surface area contributed by atoms with E-state index in [1.54, 1.807) is 12.2 Å². The molecular formula is C13H16O2. The second kappa shape index (κ2) is 6.85. The van der Waals surface area contributed by atoms with Crippen LogP contribution in [0.3, 0.4) is 0 Å². The number of hydrogen-bond acceptors (Lipinski definition) is 2. The van der Waals surface area contributed by atoms with Crippen molar-refractivity contribution in [2.75, 3.05) is 13.2 Å². The minimum Gasteiger partial charge on any atom is -0.489 e. The zero-order chi connectivity index (χ0) is 10.9. The molecule has 1 aromatic carbocycles. The summed E-state index contributed by atoms with van der Waals surface area (Å²) < 4.78 is 5.55. The van der Waals surface area contributed by atoms with Crippen molar-refractivity contribution in [2.45, 2.75) is 6.42 Å². The average Bonchev–Trinajstić information content (AvgIpc) is 2.27. The summed E-state index contributed by atoms with van der Waals surface area (Å²) in [6.07, 6.45) is 6.12. The van der Waals surface area contributed by atoms with Gasteiger partial charge in [0, 0.05) is 0 Å². The van der Waals surface area contributed by atoms with Crippen LogP contribution in [0.5, 0.6) is 5.75 Å². The predicted octanol–water partition coefficient (Wildman–Crippen LogP) is 2.34. The van der Waals surface area contributed by atoms with Crippen LogP contribution >= 0.6 is 0 Å². The molecule has 0 aliphatic heterocycles. The first kappa shape index (κ1) is 11.5. The lowest BCUT2D eigenvalue weighted by molar-refractivity contribution is 0.335. The Morgan fingerprint density at radius 1 is 1.27 bits per heavy atom. The molecule has 0 saturated heterocycles. The van der Waals surface area contributed by atoms with Crippen molar-refractivity contribution in [1.29, 1.82) is 0 Å². The average molecular weight is 204 g/mol. The van der Waals surface area contributed by atoms with Crippen LogP contribution in [0.15, 0.2) is 49.1 Å². The number of aliphatic hydroxyl groups excluding tert-OH is 1. The molecule has 0 radical (unpaired) electrons. The number of ether oxygens (including phenoxy) is 1. The first-order valence-electron chi connectivity index (χ1n) is 4.96. The third kappa shape index (κ3) is 4.00. The van der Waals surface area contributed by atoms with Crippen LogP contribution < -0.4 is 4.74 Å². The molecule has 0 unspecified atom stereocenters. The van der Waals surface area contributed by atoms with Gasteiger partial charge in [0.15, 0.2) is 0 Å². The van der Waals surface area contributed by atoms with Crippen LogP contribution in [-0.2, 0) is 6.42 Å². The van der Waals surface area contributed by atoms with E-state index >= 15 is 0 Å². The number of allylic oxidation sites excluding steroid dienone is 1. The second-order valence-electron chi connectivity index (χ2n) is 3.07. The Morgan fingerprint density at radius 3 is 2.80 bits per heavy atom. The Kier molecular flexibility index (Phi) is 5.26. The summed E-state index contributed by atoms with van der Waals surface area (Å²) in [6, 6.07) is 7.88. The van der Waals surface area contributed by atoms with E-state index in [0.717, 1.165) is 17.7 Å². The van der Waals surface area contributed by atoms with E-state index in [2.05, 4.69) is 6.58 Å². The topological polar surface area (TPSA) is 29.5 Å². The van der Waals surface area contributed by atoms with E-state index in [1.807, 2.05) is 30.3 Å². The van der Waals surface area contributed by atoms with Crippen LogP contribution in [0.4, 0.5) is 0 Å². The first-order chi connectivity index (χ1) is 7.38. The molecule has 0 bridgehead atoms. The van der Waals surface area contributed by atoms with Gasteiger partial charge in [-0.05, 0) is 24.1 Å². The van der Waals surface area contributed by atoms with Crippen LogP contribution in [0.1, 0.15) is 5.56 Å². The highest BCUT2D eigenvalue weighted by atomic mass is 16.5. The normalized spacial score (nSPS) is 10.5. The predicted molar refractivity (Wildman–Crippen MR) is 62.1 cm³/mol. The first-order valence-corrected chi connectivity index (χ1v) is 4.96. The molecule has 2 heteroatoms. The van der Waals surface area contributed by atoms with Gasteiger partial charge in [0.2, 0.25) is 0 Å². The number of rotatable bonds is 6. The summed E-state index contributed by atoms with van der Waals surface area (Å²) in [5.74, 6) is 0.875. The Hall–Kier alpha value is -1.54. The van der Waals surface area contributed by atoms with Crippen molar-refractivity contribution in [3.05, 3.63) is 54.6 Å². The van der Waals surface area contributed by atoms with Crippen molar-refractivity contribution in [3.8, 4) is 5.75 Å². The fourth-order valence-corrected chi connectivity index (χ4v) is 1.25. The minimum absolute atomic E-state index is 0.0532. The van der Waals surface area contributed by atoms with Crippen molar-refractivity contribution >= 4 is 0 Å². The third-order valence-electron chi connectivity index (χ3n) is 1.94. The molecular weight excluding hydrogens is 188 g/mol. The van der Waals surface area contributed by atoms with Gasteiger partial charge in [0.25, 0.3) is 0 Å². The molecule has 0 spiro atoms. The molecule has 0 aliphatic rings. The molecule has 0 atom stereocenters. The number of para-hydroxylation sites is 1. The van der Waals surface area contributed by atoms with E-state index < -0.39 is 0 Å². The summed E-state index contributed by atoms with van der Waals surface area (Å²) in [5.41, 5.74) is 1.13. The van der Waals surface area contributed by atoms with Gasteiger partial charge >= 0.3 is 0 Å². The van der Waals surface area contributed by atoms with E-state index in [0.29, 0.717) is 6.61 Å². The lowest BCUT2D eigenvalue weighted by Gasteiger charge is -2.07. The lowest BCUT2D eigenvalue weighted by atomic mass is 10.1. The maximum Gasteiger partial charge on any atom is 0.123 e. The molecule has 2 nitrogen and oxygen atoms in total. The summed E-state index contributed by atoms with van der Waals surface area (Å²) in [6.45, 7) is 4.24. The van der Waals surface area contributed by atoms with Gasteiger partial charge in [0.05, 0.1) is 6.61 Å². The van der Waals surface area contributed by atoms with Gasteiger partial charge in [-0.25, -0.2) is 0 Å². The van der Waals surface area contributed by atoms with E-state index in [9.17, 15) is 0 Å². The SMILES string of the molecule is C=CCc1ccccc1OC/C=C\CO. The lowest BCUT2D eigenvalue weighted by Crippen LogP contribution is -1.97. The summed E-state index contributed by atoms with van der Waals surface area (Å²) >= 11 is 0. The van der Waals surface area contributed by atoms with E-state index in [1.165, 1.54) is 0 Å². The maximum absolute atomic E-state index is 8.55. The zero-order valence-electron chi connectivity index (χ0n) is 8.73. The maximum atomic E-state index is 8.55. The molecule has 0 aromatic heterocycles. The second-order valence-corrected chi connectivity index (χ2v) is 3.07. The monoisotopic (exact) mass is 204 g/mol. The van der Waals surface area contributed by atoms with Crippen LogP contribution in [-0.4, -0.2) is 18.3 Å². The Labute approximate surface area is 90.5 Å². The molecule has 1 rings (SSSR count). The molecule has 0 heterocycles. The van der Waals surface area contributed by atoms with Crippen molar-refractivity contribution in [3.63, 3.8) is 0 Å². The molecule has 80 valence electrons. The minimum atomic E-state index is 0.0532. The largest absolute Gasteiger partial charge is 0.489 e. The molecule has 15 heavy (non-hydrogen) atoms. The summed E-state index contributed by atoms with van der Waals surface area (Å²) in [5, 5.41) is 8.55. The van der Waals surface area contributed by atoms with Gasteiger partial charge in [-0.2, -0.15) is 0 Å². The molecule has 0 fully saturated rings.